The Labute approximate surface area is 220 Å². The van der Waals surface area contributed by atoms with Gasteiger partial charge in [0, 0.05) is 38.3 Å². The van der Waals surface area contributed by atoms with Gasteiger partial charge >= 0.3 is 0 Å². The van der Waals surface area contributed by atoms with Crippen LogP contribution in [-0.4, -0.2) is 66.2 Å². The van der Waals surface area contributed by atoms with Crippen molar-refractivity contribution < 1.29 is 14.7 Å². The van der Waals surface area contributed by atoms with Crippen molar-refractivity contribution in [3.8, 4) is 10.4 Å². The number of thiazole rings is 1. The molecule has 0 bridgehead atoms. The maximum absolute atomic E-state index is 13.8. The monoisotopic (exact) mass is 520 g/mol. The van der Waals surface area contributed by atoms with E-state index in [1.54, 1.807) is 34.2 Å². The van der Waals surface area contributed by atoms with Crippen LogP contribution in [0.2, 0.25) is 0 Å². The van der Waals surface area contributed by atoms with Crippen molar-refractivity contribution in [2.75, 3.05) is 6.54 Å². The van der Waals surface area contributed by atoms with Gasteiger partial charge in [0.2, 0.25) is 5.91 Å². The summed E-state index contributed by atoms with van der Waals surface area (Å²) in [7, 11) is 1.77. The zero-order valence-electron chi connectivity index (χ0n) is 21.8. The zero-order chi connectivity index (χ0) is 26.5. The van der Waals surface area contributed by atoms with Gasteiger partial charge in [0.25, 0.3) is 5.91 Å². The molecule has 2 aliphatic rings. The van der Waals surface area contributed by atoms with Crippen LogP contribution in [0, 0.1) is 12.8 Å². The molecule has 4 heterocycles. The molecule has 194 valence electrons. The number of nitrogens with zero attached hydrogens (tertiary/aromatic N) is 6. The molecule has 2 aromatic heterocycles. The Balaban J connectivity index is 1.39. The zero-order valence-corrected chi connectivity index (χ0v) is 22.6. The Kier molecular flexibility index (Phi) is 6.57. The number of carbonyl (C=O) groups is 2. The van der Waals surface area contributed by atoms with E-state index in [9.17, 15) is 14.7 Å². The summed E-state index contributed by atoms with van der Waals surface area (Å²) in [6, 6.07) is 7.59. The minimum Gasteiger partial charge on any atom is -0.391 e. The van der Waals surface area contributed by atoms with E-state index in [0.717, 1.165) is 21.7 Å². The fourth-order valence-electron chi connectivity index (χ4n) is 5.53. The first kappa shape index (κ1) is 25.4. The Morgan fingerprint density at radius 1 is 1.24 bits per heavy atom. The first-order chi connectivity index (χ1) is 17.6. The van der Waals surface area contributed by atoms with E-state index < -0.39 is 23.5 Å². The normalized spacial score (nSPS) is 24.7. The van der Waals surface area contributed by atoms with Gasteiger partial charge < -0.3 is 10.0 Å². The number of benzene rings is 1. The smallest absolute Gasteiger partial charge is 0.256 e. The highest BCUT2D eigenvalue weighted by Crippen LogP contribution is 2.39. The molecule has 9 nitrogen and oxygen atoms in total. The Morgan fingerprint density at radius 2 is 1.97 bits per heavy atom. The van der Waals surface area contributed by atoms with E-state index >= 15 is 0 Å². The van der Waals surface area contributed by atoms with E-state index in [2.05, 4.69) is 20.3 Å². The second-order valence-corrected chi connectivity index (χ2v) is 11.6. The highest BCUT2D eigenvalue weighted by atomic mass is 32.1. The van der Waals surface area contributed by atoms with Crippen molar-refractivity contribution in [1.82, 2.24) is 24.9 Å². The van der Waals surface area contributed by atoms with Crippen LogP contribution in [0.5, 0.6) is 0 Å². The van der Waals surface area contributed by atoms with Gasteiger partial charge in [-0.2, -0.15) is 0 Å². The number of hydrogen-bond acceptors (Lipinski definition) is 7. The topological polar surface area (TPSA) is 114 Å². The maximum atomic E-state index is 13.8. The van der Waals surface area contributed by atoms with Gasteiger partial charge in [0.1, 0.15) is 0 Å². The first-order valence-electron chi connectivity index (χ1n) is 12.6. The molecular weight excluding hydrogens is 488 g/mol. The van der Waals surface area contributed by atoms with Crippen LogP contribution in [0.15, 0.2) is 41.0 Å². The molecule has 0 unspecified atom stereocenters. The lowest BCUT2D eigenvalue weighted by Crippen LogP contribution is -2.44. The highest BCUT2D eigenvalue weighted by Gasteiger charge is 2.48. The summed E-state index contributed by atoms with van der Waals surface area (Å²) in [4.78, 5) is 38.7. The van der Waals surface area contributed by atoms with Crippen LogP contribution in [0.25, 0.3) is 10.4 Å². The van der Waals surface area contributed by atoms with Crippen molar-refractivity contribution in [3.05, 3.63) is 52.9 Å². The summed E-state index contributed by atoms with van der Waals surface area (Å²) in [5.74, 6) is -0.841. The molecule has 0 aliphatic carbocycles. The lowest BCUT2D eigenvalue weighted by molar-refractivity contribution is -0.134. The van der Waals surface area contributed by atoms with Gasteiger partial charge in [-0.25, -0.2) is 9.98 Å². The summed E-state index contributed by atoms with van der Waals surface area (Å²) in [6.07, 6.45) is 1.86. The van der Waals surface area contributed by atoms with Gasteiger partial charge in [-0.1, -0.05) is 43.3 Å². The Hall–Kier alpha value is -3.24. The predicted octanol–water partition coefficient (Wildman–Crippen LogP) is 3.28. The number of aliphatic imine (C=N–C) groups is 1. The van der Waals surface area contributed by atoms with Crippen LogP contribution in [0.1, 0.15) is 56.5 Å². The van der Waals surface area contributed by atoms with Crippen LogP contribution >= 0.6 is 11.3 Å². The molecule has 4 atom stereocenters. The van der Waals surface area contributed by atoms with Crippen LogP contribution in [0.3, 0.4) is 0 Å². The number of β-amino-alcohol motifs (C(OH)–C–C–N with tert-alkyl or cyclic N) is 1. The fourth-order valence-corrected chi connectivity index (χ4v) is 6.34. The molecule has 0 spiro atoms. The molecule has 10 heteroatoms. The Morgan fingerprint density at radius 3 is 2.57 bits per heavy atom. The summed E-state index contributed by atoms with van der Waals surface area (Å²) in [5, 5.41) is 18.8. The third-order valence-electron chi connectivity index (χ3n) is 7.60. The number of carbonyl (C=O) groups excluding carboxylic acids is 2. The lowest BCUT2D eigenvalue weighted by atomic mass is 9.78. The van der Waals surface area contributed by atoms with Crippen molar-refractivity contribution in [3.63, 3.8) is 0 Å². The summed E-state index contributed by atoms with van der Waals surface area (Å²) in [5.41, 5.74) is 5.21. The number of rotatable bonds is 6. The minimum atomic E-state index is -0.818. The van der Waals surface area contributed by atoms with Crippen LogP contribution in [0.4, 0.5) is 0 Å². The van der Waals surface area contributed by atoms with Gasteiger partial charge in [0.15, 0.2) is 0 Å². The lowest BCUT2D eigenvalue weighted by Gasteiger charge is -2.30. The quantitative estimate of drug-likeness (QED) is 0.534. The van der Waals surface area contributed by atoms with Gasteiger partial charge in [-0.15, -0.1) is 16.4 Å². The molecule has 1 fully saturated rings. The molecule has 1 saturated heterocycles. The number of amides is 2. The predicted molar refractivity (Wildman–Crippen MR) is 141 cm³/mol. The molecule has 3 aromatic rings. The molecule has 5 rings (SSSR count). The van der Waals surface area contributed by atoms with Crippen molar-refractivity contribution in [2.24, 2.45) is 18.0 Å². The summed E-state index contributed by atoms with van der Waals surface area (Å²) < 4.78 is 1.58. The molecule has 0 saturated carbocycles. The number of aliphatic hydroxyl groups excluding tert-OH is 1. The average Bonchev–Trinajstić information content (AvgIpc) is 3.62. The number of aromatic nitrogens is 4. The molecule has 1 aromatic carbocycles. The highest BCUT2D eigenvalue weighted by molar-refractivity contribution is 7.13. The SMILES string of the molecule is Cc1ncsc1-c1ccc([C@]2(C)CC([C@H]3C[C@@H](O)CN3C(=O)[C@@H](c3cn(C)nn3)C(C)C)=NC2=O)cc1. The van der Waals surface area contributed by atoms with Crippen molar-refractivity contribution in [2.45, 2.75) is 64.0 Å². The van der Waals surface area contributed by atoms with Crippen LogP contribution in [-0.2, 0) is 22.1 Å². The molecule has 2 aliphatic heterocycles. The van der Waals surface area contributed by atoms with E-state index in [-0.39, 0.29) is 24.3 Å². The number of aliphatic hydroxyl groups is 1. The van der Waals surface area contributed by atoms with E-state index in [1.807, 2.05) is 57.5 Å². The van der Waals surface area contributed by atoms with Gasteiger partial charge in [-0.05, 0) is 30.9 Å². The van der Waals surface area contributed by atoms with E-state index in [4.69, 9.17) is 0 Å². The standard InChI is InChI=1S/C27H32N6O3S/c1-15(2)23(21-13-32(5)31-30-21)25(35)33-12-19(34)10-22(33)20-11-27(4,26(36)29-20)18-8-6-17(7-9-18)24-16(3)28-14-37-24/h6-9,13-15,19,22-23,34H,10-12H2,1-5H3/t19-,22-,23-,27+/m1/s1. The third kappa shape index (κ3) is 4.53. The molecular formula is C27H32N6O3S. The van der Waals surface area contributed by atoms with Gasteiger partial charge in [0.05, 0.1) is 45.3 Å². The van der Waals surface area contributed by atoms with Crippen molar-refractivity contribution >= 4 is 28.9 Å². The van der Waals surface area contributed by atoms with Crippen LogP contribution < -0.4 is 0 Å². The number of likely N-dealkylation sites (tertiary alicyclic amines) is 1. The first-order valence-corrected chi connectivity index (χ1v) is 13.4. The second kappa shape index (κ2) is 9.57. The van der Waals surface area contributed by atoms with Crippen molar-refractivity contribution in [1.29, 1.82) is 0 Å². The molecule has 0 radical (unpaired) electrons. The van der Waals surface area contributed by atoms with Gasteiger partial charge in [-0.3, -0.25) is 14.3 Å². The molecule has 2 amide bonds. The molecule has 1 N–H and O–H groups in total. The van der Waals surface area contributed by atoms with E-state index in [1.165, 1.54) is 0 Å². The number of aryl methyl sites for hydroxylation is 2. The maximum Gasteiger partial charge on any atom is 0.256 e. The number of hydrogen-bond donors (Lipinski definition) is 1. The summed E-state index contributed by atoms with van der Waals surface area (Å²) >= 11 is 1.59. The molecule has 37 heavy (non-hydrogen) atoms. The fraction of sp³-hybridized carbons (Fsp3) is 0.481. The largest absolute Gasteiger partial charge is 0.391 e. The minimum absolute atomic E-state index is 0.0132. The third-order valence-corrected chi connectivity index (χ3v) is 8.58. The Bertz CT molecular complexity index is 1360. The average molecular weight is 521 g/mol. The van der Waals surface area contributed by atoms with E-state index in [0.29, 0.717) is 24.2 Å². The summed E-state index contributed by atoms with van der Waals surface area (Å²) in [6.45, 7) is 8.05. The second-order valence-electron chi connectivity index (χ2n) is 10.7.